The van der Waals surface area contributed by atoms with Crippen molar-refractivity contribution in [1.82, 2.24) is 10.6 Å². The van der Waals surface area contributed by atoms with Crippen molar-refractivity contribution in [3.05, 3.63) is 30.1 Å². The van der Waals surface area contributed by atoms with E-state index in [-0.39, 0.29) is 30.0 Å². The van der Waals surface area contributed by atoms with E-state index in [1.165, 1.54) is 12.1 Å². The lowest BCUT2D eigenvalue weighted by Crippen LogP contribution is -2.36. The van der Waals surface area contributed by atoms with Gasteiger partial charge in [0.15, 0.2) is 0 Å². The number of amides is 1. The molecule has 0 aliphatic rings. The Hall–Kier alpha value is -1.33. The minimum atomic E-state index is -0.334. The zero-order valence-corrected chi connectivity index (χ0v) is 11.9. The Morgan fingerprint density at radius 2 is 2.21 bits per heavy atom. The molecule has 0 bridgehead atoms. The predicted molar refractivity (Wildman–Crippen MR) is 75.2 cm³/mol. The fourth-order valence-electron chi connectivity index (χ4n) is 1.47. The van der Waals surface area contributed by atoms with Gasteiger partial charge in [-0.15, -0.1) is 12.4 Å². The molecule has 1 unspecified atom stereocenters. The summed E-state index contributed by atoms with van der Waals surface area (Å²) in [6.07, 6.45) is 0. The molecule has 4 nitrogen and oxygen atoms in total. The summed E-state index contributed by atoms with van der Waals surface area (Å²) in [5.41, 5.74) is 0. The van der Waals surface area contributed by atoms with Gasteiger partial charge in [-0.3, -0.25) is 4.79 Å². The van der Waals surface area contributed by atoms with Crippen molar-refractivity contribution < 1.29 is 13.9 Å². The molecule has 1 atom stereocenters. The van der Waals surface area contributed by atoms with Crippen molar-refractivity contribution >= 4 is 18.3 Å². The summed E-state index contributed by atoms with van der Waals surface area (Å²) in [6, 6.07) is 5.92. The SMILES string of the molecule is CNCC(C)C(=O)NCCOc1cccc(F)c1.Cl. The highest BCUT2D eigenvalue weighted by Gasteiger charge is 2.10. The Balaban J connectivity index is 0.00000324. The molecule has 6 heteroatoms. The van der Waals surface area contributed by atoms with Crippen LogP contribution < -0.4 is 15.4 Å². The molecule has 1 amide bonds. The molecule has 1 aromatic rings. The second kappa shape index (κ2) is 9.58. The fraction of sp³-hybridized carbons (Fsp3) is 0.462. The van der Waals surface area contributed by atoms with Gasteiger partial charge in [-0.1, -0.05) is 13.0 Å². The highest BCUT2D eigenvalue weighted by molar-refractivity contribution is 5.85. The quantitative estimate of drug-likeness (QED) is 0.750. The molecule has 0 saturated heterocycles. The van der Waals surface area contributed by atoms with Crippen LogP contribution in [0.25, 0.3) is 0 Å². The number of ether oxygens (including phenoxy) is 1. The molecule has 0 aromatic heterocycles. The van der Waals surface area contributed by atoms with Crippen LogP contribution >= 0.6 is 12.4 Å². The van der Waals surface area contributed by atoms with Gasteiger partial charge in [0, 0.05) is 18.5 Å². The predicted octanol–water partition coefficient (Wildman–Crippen LogP) is 1.60. The van der Waals surface area contributed by atoms with Crippen LogP contribution in [-0.2, 0) is 4.79 Å². The van der Waals surface area contributed by atoms with E-state index in [1.807, 2.05) is 6.92 Å². The number of benzene rings is 1. The maximum atomic E-state index is 12.8. The molecule has 2 N–H and O–H groups in total. The summed E-state index contributed by atoms with van der Waals surface area (Å²) in [6.45, 7) is 3.21. The first kappa shape index (κ1) is 17.7. The first-order valence-corrected chi connectivity index (χ1v) is 5.94. The molecule has 0 fully saturated rings. The van der Waals surface area contributed by atoms with Gasteiger partial charge in [-0.2, -0.15) is 0 Å². The van der Waals surface area contributed by atoms with Crippen molar-refractivity contribution in [3.63, 3.8) is 0 Å². The Bertz CT molecular complexity index is 391. The average Bonchev–Trinajstić information content (AvgIpc) is 2.35. The van der Waals surface area contributed by atoms with E-state index >= 15 is 0 Å². The van der Waals surface area contributed by atoms with E-state index < -0.39 is 0 Å². The third-order valence-electron chi connectivity index (χ3n) is 2.42. The molecular formula is C13H20ClFN2O2. The first-order chi connectivity index (χ1) is 8.63. The zero-order valence-electron chi connectivity index (χ0n) is 11.1. The van der Waals surface area contributed by atoms with Crippen LogP contribution in [-0.4, -0.2) is 32.7 Å². The molecule has 108 valence electrons. The van der Waals surface area contributed by atoms with Crippen molar-refractivity contribution in [2.24, 2.45) is 5.92 Å². The van der Waals surface area contributed by atoms with Crippen LogP contribution in [0.2, 0.25) is 0 Å². The standard InChI is InChI=1S/C13H19FN2O2.ClH/c1-10(9-15-2)13(17)16-6-7-18-12-5-3-4-11(14)8-12;/h3-5,8,10,15H,6-7,9H2,1-2H3,(H,16,17);1H. The summed E-state index contributed by atoms with van der Waals surface area (Å²) >= 11 is 0. The Morgan fingerprint density at radius 1 is 1.47 bits per heavy atom. The van der Waals surface area contributed by atoms with Gasteiger partial charge in [-0.25, -0.2) is 4.39 Å². The Labute approximate surface area is 119 Å². The van der Waals surface area contributed by atoms with Crippen LogP contribution in [0.1, 0.15) is 6.92 Å². The number of carbonyl (C=O) groups is 1. The van der Waals surface area contributed by atoms with Gasteiger partial charge in [0.1, 0.15) is 18.2 Å². The van der Waals surface area contributed by atoms with Gasteiger partial charge in [0.05, 0.1) is 6.54 Å². The van der Waals surface area contributed by atoms with Crippen molar-refractivity contribution in [3.8, 4) is 5.75 Å². The lowest BCUT2D eigenvalue weighted by molar-refractivity contribution is -0.124. The molecule has 0 spiro atoms. The molecule has 0 radical (unpaired) electrons. The van der Waals surface area contributed by atoms with Crippen LogP contribution in [0.15, 0.2) is 24.3 Å². The third-order valence-corrected chi connectivity index (χ3v) is 2.42. The molecule has 1 aromatic carbocycles. The first-order valence-electron chi connectivity index (χ1n) is 5.94. The maximum absolute atomic E-state index is 12.8. The van der Waals surface area contributed by atoms with Gasteiger partial charge in [0.2, 0.25) is 5.91 Å². The van der Waals surface area contributed by atoms with Gasteiger partial charge < -0.3 is 15.4 Å². The van der Waals surface area contributed by atoms with E-state index in [0.29, 0.717) is 25.4 Å². The smallest absolute Gasteiger partial charge is 0.224 e. The highest BCUT2D eigenvalue weighted by atomic mass is 35.5. The third kappa shape index (κ3) is 6.98. The van der Waals surface area contributed by atoms with Crippen molar-refractivity contribution in [2.75, 3.05) is 26.7 Å². The van der Waals surface area contributed by atoms with E-state index in [2.05, 4.69) is 10.6 Å². The summed E-state index contributed by atoms with van der Waals surface area (Å²) in [7, 11) is 1.80. The van der Waals surface area contributed by atoms with Gasteiger partial charge in [-0.05, 0) is 19.2 Å². The van der Waals surface area contributed by atoms with Gasteiger partial charge in [0.25, 0.3) is 0 Å². The second-order valence-electron chi connectivity index (χ2n) is 4.06. The van der Waals surface area contributed by atoms with E-state index in [4.69, 9.17) is 4.74 Å². The van der Waals surface area contributed by atoms with Crippen LogP contribution in [0, 0.1) is 11.7 Å². The normalized spacial score (nSPS) is 11.3. The van der Waals surface area contributed by atoms with E-state index in [0.717, 1.165) is 0 Å². The molecule has 0 saturated carbocycles. The van der Waals surface area contributed by atoms with E-state index in [9.17, 15) is 9.18 Å². The number of halogens is 2. The minimum Gasteiger partial charge on any atom is -0.492 e. The summed E-state index contributed by atoms with van der Waals surface area (Å²) in [4.78, 5) is 11.5. The van der Waals surface area contributed by atoms with Crippen molar-refractivity contribution in [1.29, 1.82) is 0 Å². The van der Waals surface area contributed by atoms with Crippen LogP contribution in [0.3, 0.4) is 0 Å². The Kier molecular flexibility index (Phi) is 8.91. The fourth-order valence-corrected chi connectivity index (χ4v) is 1.47. The molecule has 0 aliphatic heterocycles. The van der Waals surface area contributed by atoms with E-state index in [1.54, 1.807) is 19.2 Å². The number of hydrogen-bond donors (Lipinski definition) is 2. The number of rotatable bonds is 7. The molecule has 0 heterocycles. The average molecular weight is 291 g/mol. The molecular weight excluding hydrogens is 271 g/mol. The maximum Gasteiger partial charge on any atom is 0.224 e. The van der Waals surface area contributed by atoms with Crippen molar-refractivity contribution in [2.45, 2.75) is 6.92 Å². The molecule has 0 aliphatic carbocycles. The lowest BCUT2D eigenvalue weighted by Gasteiger charge is -2.12. The lowest BCUT2D eigenvalue weighted by atomic mass is 10.1. The number of nitrogens with one attached hydrogen (secondary N) is 2. The van der Waals surface area contributed by atoms with Crippen LogP contribution in [0.5, 0.6) is 5.75 Å². The summed E-state index contributed by atoms with van der Waals surface area (Å²) in [5, 5.41) is 5.69. The largest absolute Gasteiger partial charge is 0.492 e. The minimum absolute atomic E-state index is 0. The van der Waals surface area contributed by atoms with Gasteiger partial charge >= 0.3 is 0 Å². The number of hydrogen-bond acceptors (Lipinski definition) is 3. The monoisotopic (exact) mass is 290 g/mol. The summed E-state index contributed by atoms with van der Waals surface area (Å²) in [5.74, 6) is 0.0306. The summed E-state index contributed by atoms with van der Waals surface area (Å²) < 4.78 is 18.1. The topological polar surface area (TPSA) is 50.4 Å². The highest BCUT2D eigenvalue weighted by Crippen LogP contribution is 2.11. The van der Waals surface area contributed by atoms with Crippen LogP contribution in [0.4, 0.5) is 4.39 Å². The molecule has 1 rings (SSSR count). The Morgan fingerprint density at radius 3 is 2.84 bits per heavy atom. The second-order valence-corrected chi connectivity index (χ2v) is 4.06. The zero-order chi connectivity index (χ0) is 13.4. The number of carbonyl (C=O) groups excluding carboxylic acids is 1. The molecule has 19 heavy (non-hydrogen) atoms.